The molecule has 0 spiro atoms. The van der Waals surface area contributed by atoms with Gasteiger partial charge in [-0.3, -0.25) is 9.88 Å². The molecule has 2 unspecified atom stereocenters. The Labute approximate surface area is 212 Å². The van der Waals surface area contributed by atoms with E-state index in [0.29, 0.717) is 34.9 Å². The Morgan fingerprint density at radius 3 is 2.43 bits per heavy atom. The molecule has 2 atom stereocenters. The highest BCUT2D eigenvalue weighted by molar-refractivity contribution is 5.89. The Hall–Kier alpha value is -3.63. The standard InChI is InChI=1S/C27H27F3N6O/c1-16-5-4-10-31-24(16)19-11-22-25(32-12-19)26(33-21-8-6-20(7-9-21)27(28,29)30)35-23(34-22)15-36-13-17(2)37-18(3)14-36/h4-12,17-18H,13-15H2,1-3H3,(H,33,34,35). The first-order valence-corrected chi connectivity index (χ1v) is 12.1. The van der Waals surface area contributed by atoms with E-state index >= 15 is 0 Å². The number of halogens is 3. The Kier molecular flexibility index (Phi) is 6.78. The zero-order valence-electron chi connectivity index (χ0n) is 20.8. The fourth-order valence-corrected chi connectivity index (χ4v) is 4.63. The van der Waals surface area contributed by atoms with Gasteiger partial charge in [0, 0.05) is 36.7 Å². The van der Waals surface area contributed by atoms with Crippen molar-refractivity contribution in [3.05, 3.63) is 71.8 Å². The third kappa shape index (κ3) is 5.70. The van der Waals surface area contributed by atoms with Gasteiger partial charge in [-0.1, -0.05) is 6.07 Å². The van der Waals surface area contributed by atoms with Crippen molar-refractivity contribution in [1.29, 1.82) is 0 Å². The maximum atomic E-state index is 13.0. The number of fused-ring (bicyclic) bond motifs is 1. The highest BCUT2D eigenvalue weighted by atomic mass is 19.4. The highest BCUT2D eigenvalue weighted by Crippen LogP contribution is 2.31. The van der Waals surface area contributed by atoms with Crippen molar-refractivity contribution in [2.45, 2.75) is 45.7 Å². The van der Waals surface area contributed by atoms with Crippen LogP contribution in [0.5, 0.6) is 0 Å². The number of benzene rings is 1. The summed E-state index contributed by atoms with van der Waals surface area (Å²) < 4.78 is 44.9. The van der Waals surface area contributed by atoms with Gasteiger partial charge >= 0.3 is 6.18 Å². The lowest BCUT2D eigenvalue weighted by atomic mass is 10.1. The maximum Gasteiger partial charge on any atom is 0.416 e. The first-order valence-electron chi connectivity index (χ1n) is 12.1. The molecule has 0 bridgehead atoms. The summed E-state index contributed by atoms with van der Waals surface area (Å²) in [7, 11) is 0. The van der Waals surface area contributed by atoms with Crippen LogP contribution in [0, 0.1) is 6.92 Å². The van der Waals surface area contributed by atoms with Crippen LogP contribution in [0.1, 0.15) is 30.8 Å². The summed E-state index contributed by atoms with van der Waals surface area (Å²) in [6.45, 7) is 8.05. The molecule has 1 saturated heterocycles. The van der Waals surface area contributed by atoms with Gasteiger partial charge in [0.1, 0.15) is 11.3 Å². The van der Waals surface area contributed by atoms with Crippen LogP contribution in [0.4, 0.5) is 24.7 Å². The molecule has 37 heavy (non-hydrogen) atoms. The number of aromatic nitrogens is 4. The predicted molar refractivity (Wildman–Crippen MR) is 135 cm³/mol. The second-order valence-electron chi connectivity index (χ2n) is 9.40. The minimum atomic E-state index is -4.40. The zero-order valence-corrected chi connectivity index (χ0v) is 20.8. The summed E-state index contributed by atoms with van der Waals surface area (Å²) in [5, 5.41) is 3.15. The van der Waals surface area contributed by atoms with Gasteiger partial charge in [-0.2, -0.15) is 13.2 Å². The maximum absolute atomic E-state index is 13.0. The van der Waals surface area contributed by atoms with E-state index in [9.17, 15) is 13.2 Å². The van der Waals surface area contributed by atoms with Crippen molar-refractivity contribution in [3.63, 3.8) is 0 Å². The second kappa shape index (κ2) is 10.0. The molecule has 4 aromatic rings. The molecule has 3 aromatic heterocycles. The molecule has 10 heteroatoms. The van der Waals surface area contributed by atoms with Crippen molar-refractivity contribution in [2.75, 3.05) is 18.4 Å². The van der Waals surface area contributed by atoms with Crippen LogP contribution >= 0.6 is 0 Å². The van der Waals surface area contributed by atoms with Crippen molar-refractivity contribution < 1.29 is 17.9 Å². The van der Waals surface area contributed by atoms with Crippen molar-refractivity contribution in [3.8, 4) is 11.3 Å². The number of pyridine rings is 2. The van der Waals surface area contributed by atoms with Crippen LogP contribution in [0.2, 0.25) is 0 Å². The number of alkyl halides is 3. The smallest absolute Gasteiger partial charge is 0.373 e. The molecule has 5 rings (SSSR count). The minimum absolute atomic E-state index is 0.0920. The van der Waals surface area contributed by atoms with Crippen LogP contribution in [-0.2, 0) is 17.5 Å². The molecule has 1 aliphatic rings. The summed E-state index contributed by atoms with van der Waals surface area (Å²) in [6, 6.07) is 10.6. The van der Waals surface area contributed by atoms with E-state index in [4.69, 9.17) is 14.7 Å². The number of nitrogens with one attached hydrogen (secondary N) is 1. The fraction of sp³-hybridized carbons (Fsp3) is 0.333. The van der Waals surface area contributed by atoms with Crippen LogP contribution in [0.3, 0.4) is 0 Å². The second-order valence-corrected chi connectivity index (χ2v) is 9.40. The van der Waals surface area contributed by atoms with Gasteiger partial charge in [-0.25, -0.2) is 15.0 Å². The van der Waals surface area contributed by atoms with Gasteiger partial charge in [0.25, 0.3) is 0 Å². The third-order valence-corrected chi connectivity index (χ3v) is 6.20. The minimum Gasteiger partial charge on any atom is -0.373 e. The molecule has 4 heterocycles. The van der Waals surface area contributed by atoms with E-state index < -0.39 is 11.7 Å². The van der Waals surface area contributed by atoms with Gasteiger partial charge in [0.15, 0.2) is 5.82 Å². The zero-order chi connectivity index (χ0) is 26.2. The quantitative estimate of drug-likeness (QED) is 0.367. The van der Waals surface area contributed by atoms with Crippen molar-refractivity contribution >= 4 is 22.5 Å². The molecule has 0 radical (unpaired) electrons. The lowest BCUT2D eigenvalue weighted by Crippen LogP contribution is -2.45. The summed E-state index contributed by atoms with van der Waals surface area (Å²) in [6.07, 6.45) is -0.773. The summed E-state index contributed by atoms with van der Waals surface area (Å²) in [4.78, 5) is 20.9. The Balaban J connectivity index is 1.54. The number of morpholine rings is 1. The Bertz CT molecular complexity index is 1400. The lowest BCUT2D eigenvalue weighted by molar-refractivity contribution is -0.137. The SMILES string of the molecule is Cc1cccnc1-c1cnc2c(Nc3ccc(C(F)(F)F)cc3)nc(CN3CC(C)OC(C)C3)nc2c1. The first kappa shape index (κ1) is 25.0. The molecule has 1 fully saturated rings. The largest absolute Gasteiger partial charge is 0.416 e. The van der Waals surface area contributed by atoms with Gasteiger partial charge < -0.3 is 10.1 Å². The molecule has 0 aliphatic carbocycles. The van der Waals surface area contributed by atoms with Gasteiger partial charge in [-0.15, -0.1) is 0 Å². The number of aryl methyl sites for hydroxylation is 1. The topological polar surface area (TPSA) is 76.1 Å². The van der Waals surface area contributed by atoms with E-state index in [1.165, 1.54) is 12.1 Å². The Morgan fingerprint density at radius 2 is 1.76 bits per heavy atom. The molecule has 192 valence electrons. The van der Waals surface area contributed by atoms with Gasteiger partial charge in [0.2, 0.25) is 0 Å². The van der Waals surface area contributed by atoms with Crippen molar-refractivity contribution in [2.24, 2.45) is 0 Å². The molecular formula is C27H27F3N6O. The average molecular weight is 509 g/mol. The predicted octanol–water partition coefficient (Wildman–Crippen LogP) is 5.77. The van der Waals surface area contributed by atoms with Crippen LogP contribution < -0.4 is 5.32 Å². The first-order chi connectivity index (χ1) is 17.7. The normalized spacial score (nSPS) is 18.8. The molecule has 1 aromatic carbocycles. The van der Waals surface area contributed by atoms with E-state index in [2.05, 4.69) is 20.2 Å². The van der Waals surface area contributed by atoms with Crippen molar-refractivity contribution in [1.82, 2.24) is 24.8 Å². The van der Waals surface area contributed by atoms with E-state index in [1.807, 2.05) is 39.0 Å². The molecule has 1 aliphatic heterocycles. The summed E-state index contributed by atoms with van der Waals surface area (Å²) >= 11 is 0. The van der Waals surface area contributed by atoms with E-state index in [1.54, 1.807) is 12.4 Å². The highest BCUT2D eigenvalue weighted by Gasteiger charge is 2.30. The molecule has 1 N–H and O–H groups in total. The Morgan fingerprint density at radius 1 is 1.03 bits per heavy atom. The van der Waals surface area contributed by atoms with Crippen LogP contribution in [-0.4, -0.2) is 50.1 Å². The number of rotatable bonds is 5. The average Bonchev–Trinajstić information content (AvgIpc) is 2.83. The number of ether oxygens (including phenoxy) is 1. The number of hydrogen-bond acceptors (Lipinski definition) is 7. The molecule has 0 amide bonds. The molecular weight excluding hydrogens is 481 g/mol. The summed E-state index contributed by atoms with van der Waals surface area (Å²) in [5.41, 5.74) is 3.54. The van der Waals surface area contributed by atoms with Crippen LogP contribution in [0.25, 0.3) is 22.3 Å². The van der Waals surface area contributed by atoms with Gasteiger partial charge in [0.05, 0.1) is 35.5 Å². The number of nitrogens with zero attached hydrogens (tertiary/aromatic N) is 5. The molecule has 7 nitrogen and oxygen atoms in total. The number of hydrogen-bond donors (Lipinski definition) is 1. The lowest BCUT2D eigenvalue weighted by Gasteiger charge is -2.34. The molecule has 0 saturated carbocycles. The van der Waals surface area contributed by atoms with Gasteiger partial charge in [-0.05, 0) is 62.7 Å². The monoisotopic (exact) mass is 508 g/mol. The van der Waals surface area contributed by atoms with E-state index in [-0.39, 0.29) is 12.2 Å². The summed E-state index contributed by atoms with van der Waals surface area (Å²) in [5.74, 6) is 1.01. The van der Waals surface area contributed by atoms with Crippen LogP contribution in [0.15, 0.2) is 54.9 Å². The fourth-order valence-electron chi connectivity index (χ4n) is 4.63. The third-order valence-electron chi connectivity index (χ3n) is 6.20. The van der Waals surface area contributed by atoms with E-state index in [0.717, 1.165) is 42.0 Å². The number of anilines is 2.